The highest BCUT2D eigenvalue weighted by molar-refractivity contribution is 6.07. The number of para-hydroxylation sites is 2. The number of pyridine rings is 1. The number of ether oxygens (including phenoxy) is 1. The molecule has 6 nitrogen and oxygen atoms in total. The maximum atomic E-state index is 13.7. The molecule has 0 spiro atoms. The number of benzene rings is 2. The third-order valence-corrected chi connectivity index (χ3v) is 6.45. The predicted molar refractivity (Wildman–Crippen MR) is 121 cm³/mol. The Hall–Kier alpha value is -3.67. The normalized spacial score (nSPS) is 20.8. The Morgan fingerprint density at radius 3 is 2.69 bits per heavy atom. The summed E-state index contributed by atoms with van der Waals surface area (Å²) in [6.45, 7) is 0.763. The fraction of sp³-hybridized carbons (Fsp3) is 0.269. The van der Waals surface area contributed by atoms with Crippen LogP contribution in [0.4, 0.5) is 5.69 Å². The Morgan fingerprint density at radius 2 is 1.91 bits per heavy atom. The van der Waals surface area contributed by atoms with Gasteiger partial charge in [0.2, 0.25) is 11.8 Å². The van der Waals surface area contributed by atoms with Gasteiger partial charge in [0, 0.05) is 37.6 Å². The summed E-state index contributed by atoms with van der Waals surface area (Å²) in [6.07, 6.45) is 4.19. The first kappa shape index (κ1) is 20.2. The second kappa shape index (κ2) is 8.11. The summed E-state index contributed by atoms with van der Waals surface area (Å²) < 4.78 is 6.01. The van der Waals surface area contributed by atoms with Crippen LogP contribution < -0.4 is 9.64 Å². The molecule has 2 amide bonds. The molecule has 1 aromatic heterocycles. The van der Waals surface area contributed by atoms with Crippen molar-refractivity contribution in [2.24, 2.45) is 5.41 Å². The molecule has 3 aromatic rings. The van der Waals surface area contributed by atoms with Crippen LogP contribution in [0.15, 0.2) is 79.1 Å². The number of hydrogen-bond acceptors (Lipinski definition) is 4. The highest BCUT2D eigenvalue weighted by Crippen LogP contribution is 2.65. The molecule has 2 atom stereocenters. The molecule has 2 heterocycles. The predicted octanol–water partition coefficient (Wildman–Crippen LogP) is 3.64. The van der Waals surface area contributed by atoms with E-state index in [9.17, 15) is 9.59 Å². The number of anilines is 1. The largest absolute Gasteiger partial charge is 0.492 e. The molecule has 2 aliphatic rings. The molecule has 2 aromatic carbocycles. The average Bonchev–Trinajstić information content (AvgIpc) is 3.58. The van der Waals surface area contributed by atoms with Crippen molar-refractivity contribution in [3.8, 4) is 5.75 Å². The lowest BCUT2D eigenvalue weighted by atomic mass is 9.92. The Kier molecular flexibility index (Phi) is 5.13. The minimum absolute atomic E-state index is 0.00636. The van der Waals surface area contributed by atoms with Crippen molar-refractivity contribution in [3.63, 3.8) is 0 Å². The SMILES string of the molecule is CN(Cc1cccnc1)C(=O)CN1C(=O)[C@@]2(COc3ccccc3)C[C@H]2c2ccccc21. The van der Waals surface area contributed by atoms with Crippen molar-refractivity contribution in [1.29, 1.82) is 0 Å². The number of carbonyl (C=O) groups is 2. The highest BCUT2D eigenvalue weighted by Gasteiger charge is 2.66. The first-order valence-electron chi connectivity index (χ1n) is 10.8. The fourth-order valence-corrected chi connectivity index (χ4v) is 4.57. The molecular weight excluding hydrogens is 402 g/mol. The Balaban J connectivity index is 1.36. The second-order valence-corrected chi connectivity index (χ2v) is 8.58. The smallest absolute Gasteiger partial charge is 0.242 e. The summed E-state index contributed by atoms with van der Waals surface area (Å²) >= 11 is 0. The van der Waals surface area contributed by atoms with Crippen LogP contribution >= 0.6 is 0 Å². The molecule has 0 saturated heterocycles. The summed E-state index contributed by atoms with van der Waals surface area (Å²) in [5.74, 6) is 0.739. The minimum atomic E-state index is -0.605. The summed E-state index contributed by atoms with van der Waals surface area (Å²) in [7, 11) is 1.75. The topological polar surface area (TPSA) is 62.7 Å². The Labute approximate surface area is 187 Å². The van der Waals surface area contributed by atoms with Gasteiger partial charge in [-0.15, -0.1) is 0 Å². The van der Waals surface area contributed by atoms with Crippen molar-refractivity contribution in [3.05, 3.63) is 90.3 Å². The fourth-order valence-electron chi connectivity index (χ4n) is 4.57. The van der Waals surface area contributed by atoms with E-state index in [1.165, 1.54) is 0 Å². The van der Waals surface area contributed by atoms with E-state index in [-0.39, 0.29) is 24.3 Å². The van der Waals surface area contributed by atoms with Crippen LogP contribution in [0.2, 0.25) is 0 Å². The van der Waals surface area contributed by atoms with Crippen LogP contribution in [0.3, 0.4) is 0 Å². The zero-order valence-electron chi connectivity index (χ0n) is 18.0. The number of likely N-dealkylation sites (N-methyl/N-ethyl adjacent to an activating group) is 1. The monoisotopic (exact) mass is 427 g/mol. The molecule has 0 bridgehead atoms. The maximum absolute atomic E-state index is 13.7. The van der Waals surface area contributed by atoms with Crippen LogP contribution in [-0.4, -0.2) is 41.9 Å². The van der Waals surface area contributed by atoms with Crippen molar-refractivity contribution in [2.75, 3.05) is 25.1 Å². The zero-order valence-corrected chi connectivity index (χ0v) is 18.0. The maximum Gasteiger partial charge on any atom is 0.242 e. The quantitative estimate of drug-likeness (QED) is 0.578. The standard InChI is InChI=1S/C26H25N3O3/c1-28(16-19-8-7-13-27-15-19)24(30)17-29-23-12-6-5-11-21(23)22-14-26(22,25(29)31)18-32-20-9-3-2-4-10-20/h2-13,15,22H,14,16-18H2,1H3/t22-,26+/m0/s1. The van der Waals surface area contributed by atoms with E-state index in [4.69, 9.17) is 4.74 Å². The molecule has 1 aliphatic heterocycles. The Morgan fingerprint density at radius 1 is 1.12 bits per heavy atom. The van der Waals surface area contributed by atoms with E-state index >= 15 is 0 Å². The van der Waals surface area contributed by atoms with Gasteiger partial charge in [-0.3, -0.25) is 14.6 Å². The van der Waals surface area contributed by atoms with Gasteiger partial charge in [-0.1, -0.05) is 42.5 Å². The lowest BCUT2D eigenvalue weighted by Crippen LogP contribution is -2.48. The van der Waals surface area contributed by atoms with E-state index < -0.39 is 5.41 Å². The van der Waals surface area contributed by atoms with Crippen molar-refractivity contribution in [2.45, 2.75) is 18.9 Å². The van der Waals surface area contributed by atoms with E-state index in [1.807, 2.05) is 60.7 Å². The molecule has 1 saturated carbocycles. The van der Waals surface area contributed by atoms with Gasteiger partial charge in [-0.2, -0.15) is 0 Å². The molecule has 1 aliphatic carbocycles. The molecular formula is C26H25N3O3. The zero-order chi connectivity index (χ0) is 22.1. The molecule has 1 fully saturated rings. The van der Waals surface area contributed by atoms with Crippen LogP contribution in [0.5, 0.6) is 5.75 Å². The first-order valence-corrected chi connectivity index (χ1v) is 10.8. The van der Waals surface area contributed by atoms with Gasteiger partial charge < -0.3 is 14.5 Å². The van der Waals surface area contributed by atoms with Gasteiger partial charge in [0.05, 0.1) is 5.41 Å². The second-order valence-electron chi connectivity index (χ2n) is 8.58. The van der Waals surface area contributed by atoms with Crippen LogP contribution in [0.1, 0.15) is 23.5 Å². The van der Waals surface area contributed by atoms with Crippen LogP contribution in [-0.2, 0) is 16.1 Å². The molecule has 32 heavy (non-hydrogen) atoms. The molecule has 0 radical (unpaired) electrons. The number of nitrogens with zero attached hydrogens (tertiary/aromatic N) is 3. The van der Waals surface area contributed by atoms with E-state index in [2.05, 4.69) is 11.1 Å². The number of fused-ring (bicyclic) bond motifs is 3. The van der Waals surface area contributed by atoms with E-state index in [0.29, 0.717) is 13.2 Å². The van der Waals surface area contributed by atoms with Gasteiger partial charge in [0.1, 0.15) is 18.9 Å². The van der Waals surface area contributed by atoms with Crippen molar-refractivity contribution < 1.29 is 14.3 Å². The summed E-state index contributed by atoms with van der Waals surface area (Å²) in [4.78, 5) is 34.1. The van der Waals surface area contributed by atoms with Gasteiger partial charge >= 0.3 is 0 Å². The third-order valence-electron chi connectivity index (χ3n) is 6.45. The lowest BCUT2D eigenvalue weighted by molar-refractivity contribution is -0.132. The summed E-state index contributed by atoms with van der Waals surface area (Å²) in [6, 6.07) is 21.2. The lowest BCUT2D eigenvalue weighted by Gasteiger charge is -2.34. The van der Waals surface area contributed by atoms with Crippen molar-refractivity contribution >= 4 is 17.5 Å². The van der Waals surface area contributed by atoms with Crippen molar-refractivity contribution in [1.82, 2.24) is 9.88 Å². The Bertz CT molecular complexity index is 1140. The number of hydrogen-bond donors (Lipinski definition) is 0. The highest BCUT2D eigenvalue weighted by atomic mass is 16.5. The number of rotatable bonds is 7. The van der Waals surface area contributed by atoms with Crippen LogP contribution in [0, 0.1) is 5.41 Å². The molecule has 162 valence electrons. The van der Waals surface area contributed by atoms with Gasteiger partial charge in [0.15, 0.2) is 0 Å². The summed E-state index contributed by atoms with van der Waals surface area (Å²) in [5.41, 5.74) is 2.29. The third kappa shape index (κ3) is 3.62. The van der Waals surface area contributed by atoms with Crippen LogP contribution in [0.25, 0.3) is 0 Å². The van der Waals surface area contributed by atoms with Gasteiger partial charge in [0.25, 0.3) is 0 Å². The van der Waals surface area contributed by atoms with Gasteiger partial charge in [-0.05, 0) is 41.8 Å². The molecule has 0 unspecified atom stereocenters. The molecule has 5 rings (SSSR count). The first-order chi connectivity index (χ1) is 15.6. The minimum Gasteiger partial charge on any atom is -0.492 e. The summed E-state index contributed by atoms with van der Waals surface area (Å²) in [5, 5.41) is 0. The molecule has 0 N–H and O–H groups in total. The number of amides is 2. The molecule has 6 heteroatoms. The van der Waals surface area contributed by atoms with E-state index in [1.54, 1.807) is 29.2 Å². The van der Waals surface area contributed by atoms with Gasteiger partial charge in [-0.25, -0.2) is 0 Å². The number of carbonyl (C=O) groups excluding carboxylic acids is 2. The average molecular weight is 428 g/mol. The number of aromatic nitrogens is 1. The van der Waals surface area contributed by atoms with E-state index in [0.717, 1.165) is 29.0 Å².